The molecule has 1 fully saturated rings. The van der Waals surface area contributed by atoms with E-state index in [0.717, 1.165) is 16.8 Å². The standard InChI is InChI=1S/C24H26N2O5S/c1-5-26-23(28)21(32-24(26)25-18-10-7-16(3)8-11-18)14-17-9-12-19(20(13-17)29-4)31-15-22(27)30-6-2/h7-14H,5-6,15H2,1-4H3/b21-14+,25-24?. The highest BCUT2D eigenvalue weighted by molar-refractivity contribution is 8.18. The van der Waals surface area contributed by atoms with E-state index in [1.807, 2.05) is 38.1 Å². The Morgan fingerprint density at radius 3 is 2.53 bits per heavy atom. The minimum Gasteiger partial charge on any atom is -0.493 e. The molecule has 0 N–H and O–H groups in total. The van der Waals surface area contributed by atoms with Crippen molar-refractivity contribution < 1.29 is 23.8 Å². The lowest BCUT2D eigenvalue weighted by molar-refractivity contribution is -0.145. The van der Waals surface area contributed by atoms with E-state index in [1.54, 1.807) is 36.1 Å². The summed E-state index contributed by atoms with van der Waals surface area (Å²) in [6.07, 6.45) is 1.80. The predicted octanol–water partition coefficient (Wildman–Crippen LogP) is 4.57. The summed E-state index contributed by atoms with van der Waals surface area (Å²) in [4.78, 5) is 31.3. The summed E-state index contributed by atoms with van der Waals surface area (Å²) >= 11 is 1.34. The van der Waals surface area contributed by atoms with Gasteiger partial charge in [-0.15, -0.1) is 0 Å². The largest absolute Gasteiger partial charge is 0.493 e. The molecule has 2 aromatic carbocycles. The Morgan fingerprint density at radius 2 is 1.88 bits per heavy atom. The van der Waals surface area contributed by atoms with Crippen molar-refractivity contribution in [3.63, 3.8) is 0 Å². The molecule has 0 radical (unpaired) electrons. The molecule has 0 aliphatic carbocycles. The van der Waals surface area contributed by atoms with Crippen LogP contribution >= 0.6 is 11.8 Å². The van der Waals surface area contributed by atoms with Gasteiger partial charge in [0.05, 0.1) is 24.3 Å². The molecule has 0 saturated carbocycles. The molecular formula is C24H26N2O5S. The number of amides is 1. The van der Waals surface area contributed by atoms with Crippen LogP contribution in [0.15, 0.2) is 52.4 Å². The van der Waals surface area contributed by atoms with Gasteiger partial charge in [-0.05, 0) is 68.4 Å². The molecule has 0 unspecified atom stereocenters. The quantitative estimate of drug-likeness (QED) is 0.430. The summed E-state index contributed by atoms with van der Waals surface area (Å²) in [6, 6.07) is 13.1. The van der Waals surface area contributed by atoms with Gasteiger partial charge < -0.3 is 14.2 Å². The van der Waals surface area contributed by atoms with Crippen LogP contribution in [0.2, 0.25) is 0 Å². The molecular weight excluding hydrogens is 428 g/mol. The van der Waals surface area contributed by atoms with Gasteiger partial charge in [0, 0.05) is 6.54 Å². The molecule has 0 spiro atoms. The van der Waals surface area contributed by atoms with Gasteiger partial charge in [0.1, 0.15) is 0 Å². The number of hydrogen-bond donors (Lipinski definition) is 0. The van der Waals surface area contributed by atoms with Crippen molar-refractivity contribution >= 4 is 40.6 Å². The Bertz CT molecular complexity index is 1050. The molecule has 0 bridgehead atoms. The van der Waals surface area contributed by atoms with E-state index >= 15 is 0 Å². The molecule has 1 amide bonds. The summed E-state index contributed by atoms with van der Waals surface area (Å²) < 4.78 is 15.8. The molecule has 168 valence electrons. The molecule has 8 heteroatoms. The molecule has 1 aliphatic rings. The molecule has 3 rings (SSSR count). The van der Waals surface area contributed by atoms with E-state index in [9.17, 15) is 9.59 Å². The first-order chi connectivity index (χ1) is 15.4. The number of rotatable bonds is 8. The molecule has 32 heavy (non-hydrogen) atoms. The van der Waals surface area contributed by atoms with Crippen molar-refractivity contribution in [1.82, 2.24) is 4.90 Å². The van der Waals surface area contributed by atoms with Crippen molar-refractivity contribution in [3.8, 4) is 11.5 Å². The summed E-state index contributed by atoms with van der Waals surface area (Å²) in [5.41, 5.74) is 2.73. The Labute approximate surface area is 192 Å². The number of ether oxygens (including phenoxy) is 3. The summed E-state index contributed by atoms with van der Waals surface area (Å²) in [6.45, 7) is 6.29. The third-order valence-electron chi connectivity index (χ3n) is 4.60. The fourth-order valence-corrected chi connectivity index (χ4v) is 4.05. The van der Waals surface area contributed by atoms with Crippen LogP contribution < -0.4 is 9.47 Å². The number of carbonyl (C=O) groups excluding carboxylic acids is 2. The maximum Gasteiger partial charge on any atom is 0.344 e. The van der Waals surface area contributed by atoms with E-state index in [2.05, 4.69) is 4.99 Å². The highest BCUT2D eigenvalue weighted by atomic mass is 32.2. The Morgan fingerprint density at radius 1 is 1.12 bits per heavy atom. The number of nitrogens with zero attached hydrogens (tertiary/aromatic N) is 2. The number of carbonyl (C=O) groups is 2. The second-order valence-electron chi connectivity index (χ2n) is 6.89. The third kappa shape index (κ3) is 5.70. The smallest absolute Gasteiger partial charge is 0.344 e. The normalized spacial score (nSPS) is 16.0. The molecule has 0 atom stereocenters. The van der Waals surface area contributed by atoms with Crippen LogP contribution in [-0.4, -0.2) is 48.8 Å². The van der Waals surface area contributed by atoms with E-state index in [0.29, 0.717) is 34.7 Å². The topological polar surface area (TPSA) is 77.4 Å². The Kier molecular flexibility index (Phi) is 7.94. The molecule has 2 aromatic rings. The van der Waals surface area contributed by atoms with E-state index in [1.165, 1.54) is 18.9 Å². The number of esters is 1. The maximum atomic E-state index is 12.9. The number of amidine groups is 1. The number of hydrogen-bond acceptors (Lipinski definition) is 7. The molecule has 7 nitrogen and oxygen atoms in total. The van der Waals surface area contributed by atoms with Crippen LogP contribution in [0.1, 0.15) is 25.0 Å². The maximum absolute atomic E-state index is 12.9. The van der Waals surface area contributed by atoms with E-state index in [4.69, 9.17) is 14.2 Å². The Hall–Kier alpha value is -3.26. The van der Waals surface area contributed by atoms with Gasteiger partial charge in [0.25, 0.3) is 5.91 Å². The zero-order chi connectivity index (χ0) is 23.1. The van der Waals surface area contributed by atoms with Crippen LogP contribution in [0.25, 0.3) is 6.08 Å². The van der Waals surface area contributed by atoms with Gasteiger partial charge in [-0.1, -0.05) is 23.8 Å². The van der Waals surface area contributed by atoms with Gasteiger partial charge in [0.15, 0.2) is 23.3 Å². The lowest BCUT2D eigenvalue weighted by atomic mass is 10.2. The van der Waals surface area contributed by atoms with Crippen LogP contribution in [-0.2, 0) is 14.3 Å². The van der Waals surface area contributed by atoms with Gasteiger partial charge in [-0.25, -0.2) is 9.79 Å². The third-order valence-corrected chi connectivity index (χ3v) is 5.61. The highest BCUT2D eigenvalue weighted by Crippen LogP contribution is 2.35. The van der Waals surface area contributed by atoms with E-state index < -0.39 is 5.97 Å². The van der Waals surface area contributed by atoms with Crippen molar-refractivity contribution in [2.75, 3.05) is 26.9 Å². The van der Waals surface area contributed by atoms with Crippen molar-refractivity contribution in [3.05, 3.63) is 58.5 Å². The first kappa shape index (κ1) is 23.4. The van der Waals surface area contributed by atoms with Gasteiger partial charge >= 0.3 is 5.97 Å². The summed E-state index contributed by atoms with van der Waals surface area (Å²) in [5.74, 6) is 0.337. The van der Waals surface area contributed by atoms with Gasteiger partial charge in [-0.3, -0.25) is 9.69 Å². The fourth-order valence-electron chi connectivity index (χ4n) is 2.98. The van der Waals surface area contributed by atoms with E-state index in [-0.39, 0.29) is 12.5 Å². The molecule has 0 aromatic heterocycles. The summed E-state index contributed by atoms with van der Waals surface area (Å²) in [5, 5.41) is 0.647. The fraction of sp³-hybridized carbons (Fsp3) is 0.292. The number of likely N-dealkylation sites (N-methyl/N-ethyl adjacent to an activating group) is 1. The minimum atomic E-state index is -0.450. The Balaban J connectivity index is 1.81. The lowest BCUT2D eigenvalue weighted by Crippen LogP contribution is -2.28. The average molecular weight is 455 g/mol. The number of aryl methyl sites for hydroxylation is 1. The molecule has 1 aliphatic heterocycles. The second kappa shape index (κ2) is 10.9. The van der Waals surface area contributed by atoms with Crippen LogP contribution in [0, 0.1) is 6.92 Å². The van der Waals surface area contributed by atoms with Crippen molar-refractivity contribution in [1.29, 1.82) is 0 Å². The lowest BCUT2D eigenvalue weighted by Gasteiger charge is -2.12. The SMILES string of the molecule is CCOC(=O)COc1ccc(/C=C2/SC(=Nc3ccc(C)cc3)N(CC)C2=O)cc1OC. The highest BCUT2D eigenvalue weighted by Gasteiger charge is 2.32. The zero-order valence-corrected chi connectivity index (χ0v) is 19.4. The number of aliphatic imine (C=N–C) groups is 1. The second-order valence-corrected chi connectivity index (χ2v) is 7.90. The zero-order valence-electron chi connectivity index (χ0n) is 18.6. The average Bonchev–Trinajstić information content (AvgIpc) is 3.08. The van der Waals surface area contributed by atoms with Crippen molar-refractivity contribution in [2.24, 2.45) is 4.99 Å². The van der Waals surface area contributed by atoms with Gasteiger partial charge in [0.2, 0.25) is 0 Å². The molecule has 1 saturated heterocycles. The number of methoxy groups -OCH3 is 1. The van der Waals surface area contributed by atoms with Crippen LogP contribution in [0.3, 0.4) is 0 Å². The van der Waals surface area contributed by atoms with Crippen molar-refractivity contribution in [2.45, 2.75) is 20.8 Å². The number of benzene rings is 2. The predicted molar refractivity (Wildman–Crippen MR) is 126 cm³/mol. The monoisotopic (exact) mass is 454 g/mol. The number of thioether (sulfide) groups is 1. The van der Waals surface area contributed by atoms with Gasteiger partial charge in [-0.2, -0.15) is 0 Å². The molecule has 1 heterocycles. The minimum absolute atomic E-state index is 0.0926. The van der Waals surface area contributed by atoms with Crippen LogP contribution in [0.4, 0.5) is 5.69 Å². The first-order valence-corrected chi connectivity index (χ1v) is 11.1. The summed E-state index contributed by atoms with van der Waals surface area (Å²) in [7, 11) is 1.52. The first-order valence-electron chi connectivity index (χ1n) is 10.3. The van der Waals surface area contributed by atoms with Crippen LogP contribution in [0.5, 0.6) is 11.5 Å².